The van der Waals surface area contributed by atoms with Gasteiger partial charge in [-0.25, -0.2) is 0 Å². The van der Waals surface area contributed by atoms with E-state index in [1.807, 2.05) is 13.8 Å². The SMILES string of the molecule is CCNC(C)/C=C/c1ccccc1C(F)(F)F. The molecule has 0 saturated carbocycles. The minimum atomic E-state index is -4.30. The van der Waals surface area contributed by atoms with Crippen molar-refractivity contribution in [2.45, 2.75) is 26.1 Å². The van der Waals surface area contributed by atoms with Gasteiger partial charge in [0, 0.05) is 6.04 Å². The molecule has 0 aliphatic carbocycles. The molecule has 0 aromatic heterocycles. The van der Waals surface area contributed by atoms with Gasteiger partial charge in [0.25, 0.3) is 0 Å². The monoisotopic (exact) mass is 243 g/mol. The van der Waals surface area contributed by atoms with Crippen LogP contribution in [0.15, 0.2) is 30.3 Å². The predicted molar refractivity (Wildman–Crippen MR) is 63.6 cm³/mol. The van der Waals surface area contributed by atoms with Crippen molar-refractivity contribution in [2.75, 3.05) is 6.54 Å². The van der Waals surface area contributed by atoms with Crippen LogP contribution in [0.3, 0.4) is 0 Å². The summed E-state index contributed by atoms with van der Waals surface area (Å²) in [6, 6.07) is 5.62. The first-order valence-corrected chi connectivity index (χ1v) is 5.53. The van der Waals surface area contributed by atoms with Crippen molar-refractivity contribution in [3.05, 3.63) is 41.5 Å². The quantitative estimate of drug-likeness (QED) is 0.849. The highest BCUT2D eigenvalue weighted by Gasteiger charge is 2.32. The molecule has 1 nitrogen and oxygen atoms in total. The Morgan fingerprint density at radius 2 is 1.94 bits per heavy atom. The second-order valence-electron chi connectivity index (χ2n) is 3.79. The fourth-order valence-electron chi connectivity index (χ4n) is 1.54. The van der Waals surface area contributed by atoms with Gasteiger partial charge >= 0.3 is 6.18 Å². The predicted octanol–water partition coefficient (Wildman–Crippen LogP) is 3.72. The second-order valence-corrected chi connectivity index (χ2v) is 3.79. The summed E-state index contributed by atoms with van der Waals surface area (Å²) in [5, 5.41) is 3.11. The molecular weight excluding hydrogens is 227 g/mol. The van der Waals surface area contributed by atoms with Gasteiger partial charge in [-0.2, -0.15) is 13.2 Å². The summed E-state index contributed by atoms with van der Waals surface area (Å²) in [4.78, 5) is 0. The van der Waals surface area contributed by atoms with E-state index in [0.717, 1.165) is 12.6 Å². The highest BCUT2D eigenvalue weighted by atomic mass is 19.4. The number of hydrogen-bond acceptors (Lipinski definition) is 1. The van der Waals surface area contributed by atoms with Crippen LogP contribution in [0.5, 0.6) is 0 Å². The van der Waals surface area contributed by atoms with Gasteiger partial charge in [0.05, 0.1) is 5.56 Å². The molecular formula is C13H16F3N. The standard InChI is InChI=1S/C13H16F3N/c1-3-17-10(2)8-9-11-6-4-5-7-12(11)13(14,15)16/h4-10,17H,3H2,1-2H3/b9-8+. The van der Waals surface area contributed by atoms with E-state index in [1.165, 1.54) is 18.2 Å². The van der Waals surface area contributed by atoms with Crippen LogP contribution >= 0.6 is 0 Å². The van der Waals surface area contributed by atoms with Gasteiger partial charge in [-0.3, -0.25) is 0 Å². The molecule has 0 amide bonds. The van der Waals surface area contributed by atoms with Gasteiger partial charge in [0.15, 0.2) is 0 Å². The molecule has 0 radical (unpaired) electrons. The maximum Gasteiger partial charge on any atom is 0.416 e. The van der Waals surface area contributed by atoms with E-state index in [1.54, 1.807) is 12.1 Å². The summed E-state index contributed by atoms with van der Waals surface area (Å²) >= 11 is 0. The van der Waals surface area contributed by atoms with Gasteiger partial charge in [-0.1, -0.05) is 37.3 Å². The minimum absolute atomic E-state index is 0.0567. The second kappa shape index (κ2) is 5.87. The molecule has 0 aliphatic heterocycles. The molecule has 1 rings (SSSR count). The molecule has 0 heterocycles. The Hall–Kier alpha value is -1.29. The summed E-state index contributed by atoms with van der Waals surface area (Å²) in [5.74, 6) is 0. The Bertz CT molecular complexity index is 382. The molecule has 0 saturated heterocycles. The Labute approximate surface area is 99.3 Å². The van der Waals surface area contributed by atoms with Crippen LogP contribution in [-0.2, 0) is 6.18 Å². The van der Waals surface area contributed by atoms with E-state index in [4.69, 9.17) is 0 Å². The topological polar surface area (TPSA) is 12.0 Å². The van der Waals surface area contributed by atoms with Gasteiger partial charge < -0.3 is 5.32 Å². The van der Waals surface area contributed by atoms with Crippen molar-refractivity contribution in [1.82, 2.24) is 5.32 Å². The Balaban J connectivity index is 2.91. The van der Waals surface area contributed by atoms with Crippen LogP contribution in [-0.4, -0.2) is 12.6 Å². The maximum atomic E-state index is 12.7. The normalized spacial score (nSPS) is 14.2. The average Bonchev–Trinajstić information content (AvgIpc) is 2.26. The zero-order chi connectivity index (χ0) is 12.9. The smallest absolute Gasteiger partial charge is 0.311 e. The number of benzene rings is 1. The third-order valence-corrected chi connectivity index (χ3v) is 2.36. The lowest BCUT2D eigenvalue weighted by Crippen LogP contribution is -2.22. The van der Waals surface area contributed by atoms with Crippen LogP contribution < -0.4 is 5.32 Å². The molecule has 17 heavy (non-hydrogen) atoms. The average molecular weight is 243 g/mol. The maximum absolute atomic E-state index is 12.7. The first kappa shape index (κ1) is 13.8. The van der Waals surface area contributed by atoms with Gasteiger partial charge in [0.1, 0.15) is 0 Å². The van der Waals surface area contributed by atoms with E-state index in [-0.39, 0.29) is 11.6 Å². The van der Waals surface area contributed by atoms with Crippen LogP contribution in [0.25, 0.3) is 6.08 Å². The summed E-state index contributed by atoms with van der Waals surface area (Å²) in [7, 11) is 0. The summed E-state index contributed by atoms with van der Waals surface area (Å²) in [6.07, 6.45) is -1.06. The first-order chi connectivity index (χ1) is 7.95. The highest BCUT2D eigenvalue weighted by Crippen LogP contribution is 2.32. The van der Waals surface area contributed by atoms with Crippen molar-refractivity contribution >= 4 is 6.08 Å². The van der Waals surface area contributed by atoms with Crippen LogP contribution in [0.4, 0.5) is 13.2 Å². The van der Waals surface area contributed by atoms with Crippen molar-refractivity contribution in [3.63, 3.8) is 0 Å². The lowest BCUT2D eigenvalue weighted by atomic mass is 10.1. The number of hydrogen-bond donors (Lipinski definition) is 1. The van der Waals surface area contributed by atoms with E-state index in [0.29, 0.717) is 0 Å². The number of rotatable bonds is 4. The van der Waals surface area contributed by atoms with Crippen molar-refractivity contribution < 1.29 is 13.2 Å². The van der Waals surface area contributed by atoms with Crippen molar-refractivity contribution in [1.29, 1.82) is 0 Å². The molecule has 0 aliphatic rings. The summed E-state index contributed by atoms with van der Waals surface area (Å²) in [5.41, 5.74) is -0.398. The molecule has 1 unspecified atom stereocenters. The molecule has 0 spiro atoms. The summed E-state index contributed by atoms with van der Waals surface area (Å²) in [6.45, 7) is 4.64. The van der Waals surface area contributed by atoms with E-state index in [9.17, 15) is 13.2 Å². The molecule has 94 valence electrons. The van der Waals surface area contributed by atoms with Crippen molar-refractivity contribution in [2.24, 2.45) is 0 Å². The zero-order valence-corrected chi connectivity index (χ0v) is 9.88. The Kier molecular flexibility index (Phi) is 4.75. The summed E-state index contributed by atoms with van der Waals surface area (Å²) < 4.78 is 38.0. The molecule has 1 aromatic rings. The third-order valence-electron chi connectivity index (χ3n) is 2.36. The number of likely N-dealkylation sites (N-methyl/N-ethyl adjacent to an activating group) is 1. The number of halogens is 3. The van der Waals surface area contributed by atoms with E-state index < -0.39 is 11.7 Å². The van der Waals surface area contributed by atoms with Gasteiger partial charge in [0.2, 0.25) is 0 Å². The largest absolute Gasteiger partial charge is 0.416 e. The van der Waals surface area contributed by atoms with E-state index >= 15 is 0 Å². The lowest BCUT2D eigenvalue weighted by molar-refractivity contribution is -0.137. The molecule has 0 bridgehead atoms. The van der Waals surface area contributed by atoms with Crippen LogP contribution in [0.1, 0.15) is 25.0 Å². The molecule has 1 aromatic carbocycles. The van der Waals surface area contributed by atoms with Gasteiger partial charge in [-0.05, 0) is 25.1 Å². The van der Waals surface area contributed by atoms with Crippen molar-refractivity contribution in [3.8, 4) is 0 Å². The van der Waals surface area contributed by atoms with Gasteiger partial charge in [-0.15, -0.1) is 0 Å². The fraction of sp³-hybridized carbons (Fsp3) is 0.385. The highest BCUT2D eigenvalue weighted by molar-refractivity contribution is 5.55. The van der Waals surface area contributed by atoms with E-state index in [2.05, 4.69) is 5.32 Å². The molecule has 1 N–H and O–H groups in total. The Morgan fingerprint density at radius 1 is 1.29 bits per heavy atom. The number of alkyl halides is 3. The molecule has 1 atom stereocenters. The molecule has 0 fully saturated rings. The fourth-order valence-corrected chi connectivity index (χ4v) is 1.54. The zero-order valence-electron chi connectivity index (χ0n) is 9.88. The minimum Gasteiger partial charge on any atom is -0.311 e. The molecule has 4 heteroatoms. The van der Waals surface area contributed by atoms with Crippen LogP contribution in [0.2, 0.25) is 0 Å². The Morgan fingerprint density at radius 3 is 2.53 bits per heavy atom. The third kappa shape index (κ3) is 4.23. The lowest BCUT2D eigenvalue weighted by Gasteiger charge is -2.11. The van der Waals surface area contributed by atoms with Crippen LogP contribution in [0, 0.1) is 0 Å². The first-order valence-electron chi connectivity index (χ1n) is 5.53. The number of nitrogens with one attached hydrogen (secondary N) is 1.